The Balaban J connectivity index is 4.35. The number of nitrogens with zero attached hydrogens (tertiary/aromatic N) is 1. The summed E-state index contributed by atoms with van der Waals surface area (Å²) in [6.07, 6.45) is 35.5. The van der Waals surface area contributed by atoms with Gasteiger partial charge in [-0.05, 0) is 19.3 Å². The van der Waals surface area contributed by atoms with Crippen molar-refractivity contribution in [3.63, 3.8) is 0 Å². The van der Waals surface area contributed by atoms with Crippen LogP contribution in [0.25, 0.3) is 0 Å². The van der Waals surface area contributed by atoms with Crippen molar-refractivity contribution in [3.05, 3.63) is 12.2 Å². The number of aliphatic hydroxyl groups is 1. The monoisotopic (exact) mass is 717 g/mol. The lowest BCUT2D eigenvalue weighted by molar-refractivity contribution is -0.870. The van der Waals surface area contributed by atoms with E-state index in [0.29, 0.717) is 17.4 Å². The van der Waals surface area contributed by atoms with Crippen LogP contribution in [0.15, 0.2) is 12.2 Å². The molecule has 0 bridgehead atoms. The number of hydrogen-bond acceptors (Lipinski definition) is 6. The number of rotatable bonds is 37. The van der Waals surface area contributed by atoms with Gasteiger partial charge >= 0.3 is 0 Å². The maximum Gasteiger partial charge on any atom is 0.268 e. The van der Waals surface area contributed by atoms with E-state index in [2.05, 4.69) is 19.2 Å². The number of phosphoric acid groups is 1. The van der Waals surface area contributed by atoms with Crippen LogP contribution in [0, 0.1) is 0 Å². The summed E-state index contributed by atoms with van der Waals surface area (Å²) in [5.41, 5.74) is 0. The minimum absolute atomic E-state index is 0.00155. The number of phosphoric ester groups is 1. The van der Waals surface area contributed by atoms with Crippen LogP contribution in [0.4, 0.5) is 0 Å². The van der Waals surface area contributed by atoms with Gasteiger partial charge in [0, 0.05) is 6.42 Å². The zero-order valence-electron chi connectivity index (χ0n) is 32.9. The Morgan fingerprint density at radius 2 is 1.10 bits per heavy atom. The van der Waals surface area contributed by atoms with Crippen molar-refractivity contribution < 1.29 is 32.9 Å². The highest BCUT2D eigenvalue weighted by atomic mass is 31.2. The summed E-state index contributed by atoms with van der Waals surface area (Å²) in [5, 5.41) is 13.7. The second-order valence-electron chi connectivity index (χ2n) is 15.4. The molecule has 2 N–H and O–H groups in total. The van der Waals surface area contributed by atoms with Crippen molar-refractivity contribution >= 4 is 13.7 Å². The minimum Gasteiger partial charge on any atom is -0.756 e. The summed E-state index contributed by atoms with van der Waals surface area (Å²) in [4.78, 5) is 25.1. The van der Waals surface area contributed by atoms with Gasteiger partial charge in [-0.25, -0.2) is 0 Å². The first-order chi connectivity index (χ1) is 23.5. The maximum absolute atomic E-state index is 12.7. The molecule has 3 unspecified atom stereocenters. The van der Waals surface area contributed by atoms with E-state index in [-0.39, 0.29) is 19.1 Å². The molecule has 0 heterocycles. The third-order valence-corrected chi connectivity index (χ3v) is 10.2. The Bertz CT molecular complexity index is 819. The number of quaternary nitrogens is 1. The predicted molar refractivity (Wildman–Crippen MR) is 205 cm³/mol. The largest absolute Gasteiger partial charge is 0.756 e. The first kappa shape index (κ1) is 48.2. The molecule has 0 radical (unpaired) electrons. The Hall–Kier alpha value is -0.760. The zero-order valence-corrected chi connectivity index (χ0v) is 33.8. The standard InChI is InChI=1S/C40H81N2O6P/c1-6-8-10-12-14-16-17-18-19-20-21-22-23-24-25-26-27-29-31-33-39(43)38(37-48-49(45,46)47-36-35-42(3,4)5)41-40(44)34-32-30-28-15-13-11-9-7-2/h31,33,38-39,43H,6-30,32,34-37H2,1-5H3,(H-,41,44,45,46)/b33-31+. The van der Waals surface area contributed by atoms with Crippen LogP contribution in [0.3, 0.4) is 0 Å². The molecule has 0 aromatic rings. The Morgan fingerprint density at radius 1 is 0.694 bits per heavy atom. The van der Waals surface area contributed by atoms with Crippen LogP contribution in [0.1, 0.15) is 187 Å². The zero-order chi connectivity index (χ0) is 36.5. The van der Waals surface area contributed by atoms with Gasteiger partial charge in [0.25, 0.3) is 7.82 Å². The van der Waals surface area contributed by atoms with Gasteiger partial charge in [0.05, 0.1) is 39.9 Å². The SMILES string of the molecule is CCCCCCCCCCCCCCCCCCC/C=C/C(O)C(COP(=O)([O-])OCC[N+](C)(C)C)NC(=O)CCCCCCCCCC. The smallest absolute Gasteiger partial charge is 0.268 e. The van der Waals surface area contributed by atoms with Gasteiger partial charge in [-0.15, -0.1) is 0 Å². The lowest BCUT2D eigenvalue weighted by Crippen LogP contribution is -2.45. The summed E-state index contributed by atoms with van der Waals surface area (Å²) in [7, 11) is 1.27. The highest BCUT2D eigenvalue weighted by Gasteiger charge is 2.23. The molecule has 292 valence electrons. The summed E-state index contributed by atoms with van der Waals surface area (Å²) < 4.78 is 23.1. The number of unbranched alkanes of at least 4 members (excludes halogenated alkanes) is 24. The first-order valence-electron chi connectivity index (χ1n) is 20.6. The van der Waals surface area contributed by atoms with E-state index in [0.717, 1.165) is 38.5 Å². The molecule has 0 aromatic carbocycles. The second-order valence-corrected chi connectivity index (χ2v) is 16.8. The van der Waals surface area contributed by atoms with Gasteiger partial charge in [0.2, 0.25) is 5.91 Å². The molecule has 8 nitrogen and oxygen atoms in total. The Morgan fingerprint density at radius 3 is 1.53 bits per heavy atom. The molecule has 0 spiro atoms. The van der Waals surface area contributed by atoms with Crippen LogP contribution in [-0.2, 0) is 18.4 Å². The maximum atomic E-state index is 12.7. The average molecular weight is 717 g/mol. The van der Waals surface area contributed by atoms with Gasteiger partial charge < -0.3 is 28.8 Å². The first-order valence-corrected chi connectivity index (χ1v) is 22.0. The molecule has 0 fully saturated rings. The summed E-state index contributed by atoms with van der Waals surface area (Å²) >= 11 is 0. The number of allylic oxidation sites excluding steroid dienone is 1. The molecule has 0 aromatic heterocycles. The molecule has 0 aliphatic rings. The Kier molecular flexibility index (Phi) is 32.6. The van der Waals surface area contributed by atoms with Crippen LogP contribution in [-0.4, -0.2) is 68.5 Å². The summed E-state index contributed by atoms with van der Waals surface area (Å²) in [6.45, 7) is 4.61. The number of carbonyl (C=O) groups excluding carboxylic acids is 1. The van der Waals surface area contributed by atoms with Crippen LogP contribution < -0.4 is 10.2 Å². The number of likely N-dealkylation sites (N-methyl/N-ethyl adjacent to an activating group) is 1. The molecule has 49 heavy (non-hydrogen) atoms. The fourth-order valence-corrected chi connectivity index (χ4v) is 6.64. The lowest BCUT2D eigenvalue weighted by Gasteiger charge is -2.29. The molecule has 9 heteroatoms. The Labute approximate surface area is 303 Å². The van der Waals surface area contributed by atoms with Gasteiger partial charge in [-0.3, -0.25) is 9.36 Å². The van der Waals surface area contributed by atoms with Crippen molar-refractivity contribution in [2.24, 2.45) is 0 Å². The van der Waals surface area contributed by atoms with E-state index < -0.39 is 20.0 Å². The highest BCUT2D eigenvalue weighted by molar-refractivity contribution is 7.45. The van der Waals surface area contributed by atoms with Crippen molar-refractivity contribution in [2.45, 2.75) is 199 Å². The summed E-state index contributed by atoms with van der Waals surface area (Å²) in [5.74, 6) is -0.202. The van der Waals surface area contributed by atoms with Crippen LogP contribution >= 0.6 is 7.82 Å². The summed E-state index contributed by atoms with van der Waals surface area (Å²) in [6, 6.07) is -0.877. The van der Waals surface area contributed by atoms with Crippen molar-refractivity contribution in [1.29, 1.82) is 0 Å². The number of aliphatic hydroxyl groups excluding tert-OH is 1. The van der Waals surface area contributed by atoms with E-state index >= 15 is 0 Å². The van der Waals surface area contributed by atoms with Gasteiger partial charge in [0.1, 0.15) is 13.2 Å². The van der Waals surface area contributed by atoms with E-state index in [1.807, 2.05) is 27.2 Å². The molecule has 0 aliphatic heterocycles. The van der Waals surface area contributed by atoms with E-state index in [1.54, 1.807) is 6.08 Å². The fraction of sp³-hybridized carbons (Fsp3) is 0.925. The van der Waals surface area contributed by atoms with Gasteiger partial charge in [0.15, 0.2) is 0 Å². The normalized spacial score (nSPS) is 14.7. The third kappa shape index (κ3) is 35.4. The van der Waals surface area contributed by atoms with Crippen molar-refractivity contribution in [2.75, 3.05) is 40.9 Å². The predicted octanol–water partition coefficient (Wildman–Crippen LogP) is 10.2. The molecule has 3 atom stereocenters. The van der Waals surface area contributed by atoms with Crippen LogP contribution in [0.2, 0.25) is 0 Å². The third-order valence-electron chi connectivity index (χ3n) is 9.25. The number of amides is 1. The van der Waals surface area contributed by atoms with E-state index in [9.17, 15) is 19.4 Å². The van der Waals surface area contributed by atoms with E-state index in [4.69, 9.17) is 9.05 Å². The molecule has 0 rings (SSSR count). The molecular weight excluding hydrogens is 635 g/mol. The topological polar surface area (TPSA) is 108 Å². The minimum atomic E-state index is -4.57. The molecule has 0 saturated carbocycles. The van der Waals surface area contributed by atoms with E-state index in [1.165, 1.54) is 128 Å². The highest BCUT2D eigenvalue weighted by Crippen LogP contribution is 2.38. The van der Waals surface area contributed by atoms with Crippen LogP contribution in [0.5, 0.6) is 0 Å². The molecule has 0 saturated heterocycles. The van der Waals surface area contributed by atoms with Gasteiger partial charge in [-0.1, -0.05) is 174 Å². The lowest BCUT2D eigenvalue weighted by atomic mass is 10.0. The fourth-order valence-electron chi connectivity index (χ4n) is 5.92. The molecular formula is C40H81N2O6P. The quantitative estimate of drug-likeness (QED) is 0.0287. The van der Waals surface area contributed by atoms with Crippen molar-refractivity contribution in [3.8, 4) is 0 Å². The number of carbonyl (C=O) groups is 1. The van der Waals surface area contributed by atoms with Crippen molar-refractivity contribution in [1.82, 2.24) is 5.32 Å². The number of hydrogen-bond donors (Lipinski definition) is 2. The number of nitrogens with one attached hydrogen (secondary N) is 1. The average Bonchev–Trinajstić information content (AvgIpc) is 3.04. The second kappa shape index (κ2) is 33.1. The van der Waals surface area contributed by atoms with Gasteiger partial charge in [-0.2, -0.15) is 0 Å². The molecule has 0 aliphatic carbocycles. The molecule has 1 amide bonds.